The predicted molar refractivity (Wildman–Crippen MR) is 93.5 cm³/mol. The van der Waals surface area contributed by atoms with E-state index in [0.29, 0.717) is 18.4 Å². The SMILES string of the molecule is Cc1cc(O)c(-c2cc3c(nn2)N(C2CC(C)(O)C2)CC3)c(C(F)F)c1. The first-order valence-electron chi connectivity index (χ1n) is 8.73. The summed E-state index contributed by atoms with van der Waals surface area (Å²) in [6, 6.07) is 4.81. The van der Waals surface area contributed by atoms with E-state index in [0.717, 1.165) is 24.3 Å². The van der Waals surface area contributed by atoms with E-state index in [1.54, 1.807) is 13.0 Å². The van der Waals surface area contributed by atoms with Crippen LogP contribution in [0.25, 0.3) is 11.3 Å². The van der Waals surface area contributed by atoms with Crippen LogP contribution in [0.1, 0.15) is 42.9 Å². The first kappa shape index (κ1) is 17.1. The van der Waals surface area contributed by atoms with Crippen LogP contribution in [0.4, 0.5) is 14.6 Å². The minimum atomic E-state index is -2.71. The zero-order valence-corrected chi connectivity index (χ0v) is 14.7. The largest absolute Gasteiger partial charge is 0.507 e. The van der Waals surface area contributed by atoms with E-state index in [2.05, 4.69) is 15.1 Å². The standard InChI is InChI=1S/C19H21F2N3O2/c1-10-5-13(17(20)21)16(15(25)6-10)14-7-11-3-4-24(18(11)23-22-14)12-8-19(2,26)9-12/h5-7,12,17,25-26H,3-4,8-9H2,1-2H3. The minimum Gasteiger partial charge on any atom is -0.507 e. The number of alkyl halides is 2. The number of phenolic OH excluding ortho intramolecular Hbond substituents is 1. The Labute approximate surface area is 150 Å². The van der Waals surface area contributed by atoms with Gasteiger partial charge in [0.15, 0.2) is 5.82 Å². The molecule has 1 fully saturated rings. The lowest BCUT2D eigenvalue weighted by atomic mass is 9.76. The molecule has 2 aromatic rings. The molecule has 26 heavy (non-hydrogen) atoms. The lowest BCUT2D eigenvalue weighted by Crippen LogP contribution is -2.53. The Morgan fingerprint density at radius 2 is 1.96 bits per heavy atom. The molecule has 0 spiro atoms. The first-order valence-corrected chi connectivity index (χ1v) is 8.73. The Kier molecular flexibility index (Phi) is 3.87. The second kappa shape index (κ2) is 5.87. The number of anilines is 1. The molecule has 1 aromatic heterocycles. The second-order valence-corrected chi connectivity index (χ2v) is 7.63. The number of benzene rings is 1. The summed E-state index contributed by atoms with van der Waals surface area (Å²) < 4.78 is 26.9. The highest BCUT2D eigenvalue weighted by atomic mass is 19.3. The molecule has 0 unspecified atom stereocenters. The predicted octanol–water partition coefficient (Wildman–Crippen LogP) is 3.37. The summed E-state index contributed by atoms with van der Waals surface area (Å²) in [7, 11) is 0. The van der Waals surface area contributed by atoms with E-state index in [9.17, 15) is 19.0 Å². The van der Waals surface area contributed by atoms with Crippen molar-refractivity contribution in [1.82, 2.24) is 10.2 Å². The van der Waals surface area contributed by atoms with Crippen LogP contribution in [0.5, 0.6) is 5.75 Å². The highest BCUT2D eigenvalue weighted by Crippen LogP contribution is 2.42. The Bertz CT molecular complexity index is 862. The molecule has 138 valence electrons. The lowest BCUT2D eigenvalue weighted by molar-refractivity contribution is -0.0307. The molecule has 7 heteroatoms. The number of aliphatic hydroxyl groups is 1. The highest BCUT2D eigenvalue weighted by molar-refractivity contribution is 5.73. The van der Waals surface area contributed by atoms with Gasteiger partial charge in [0.05, 0.1) is 16.9 Å². The molecule has 2 heterocycles. The Morgan fingerprint density at radius 3 is 2.62 bits per heavy atom. The third-order valence-corrected chi connectivity index (χ3v) is 5.32. The number of hydrogen-bond donors (Lipinski definition) is 2. The molecule has 1 aromatic carbocycles. The maximum Gasteiger partial charge on any atom is 0.264 e. The van der Waals surface area contributed by atoms with Gasteiger partial charge < -0.3 is 15.1 Å². The molecule has 0 amide bonds. The topological polar surface area (TPSA) is 69.5 Å². The molecular formula is C19H21F2N3O2. The summed E-state index contributed by atoms with van der Waals surface area (Å²) >= 11 is 0. The van der Waals surface area contributed by atoms with Crippen molar-refractivity contribution in [2.24, 2.45) is 0 Å². The summed E-state index contributed by atoms with van der Waals surface area (Å²) in [5.74, 6) is 0.541. The Hall–Kier alpha value is -2.28. The van der Waals surface area contributed by atoms with Gasteiger partial charge in [-0.2, -0.15) is 0 Å². The normalized spacial score (nSPS) is 24.7. The summed E-state index contributed by atoms with van der Waals surface area (Å²) in [5.41, 5.74) is 0.952. The van der Waals surface area contributed by atoms with Crippen molar-refractivity contribution in [2.75, 3.05) is 11.4 Å². The number of fused-ring (bicyclic) bond motifs is 1. The second-order valence-electron chi connectivity index (χ2n) is 7.63. The maximum atomic E-state index is 13.5. The van der Waals surface area contributed by atoms with Gasteiger partial charge in [-0.1, -0.05) is 0 Å². The number of aromatic hydroxyl groups is 1. The zero-order chi connectivity index (χ0) is 18.6. The fourth-order valence-corrected chi connectivity index (χ4v) is 4.10. The molecule has 0 atom stereocenters. The molecule has 2 aliphatic rings. The van der Waals surface area contributed by atoms with Crippen LogP contribution in [0.2, 0.25) is 0 Å². The van der Waals surface area contributed by atoms with E-state index in [4.69, 9.17) is 0 Å². The fourth-order valence-electron chi connectivity index (χ4n) is 4.10. The maximum absolute atomic E-state index is 13.5. The highest BCUT2D eigenvalue weighted by Gasteiger charge is 2.43. The molecular weight excluding hydrogens is 340 g/mol. The Morgan fingerprint density at radius 1 is 1.23 bits per heavy atom. The monoisotopic (exact) mass is 361 g/mol. The molecule has 0 saturated heterocycles. The number of phenols is 1. The van der Waals surface area contributed by atoms with Crippen molar-refractivity contribution in [2.45, 2.75) is 51.2 Å². The average Bonchev–Trinajstić information content (AvgIpc) is 2.94. The van der Waals surface area contributed by atoms with Crippen molar-refractivity contribution in [1.29, 1.82) is 0 Å². The van der Waals surface area contributed by atoms with Crippen LogP contribution >= 0.6 is 0 Å². The smallest absolute Gasteiger partial charge is 0.264 e. The van der Waals surface area contributed by atoms with Crippen molar-refractivity contribution in [3.05, 3.63) is 34.9 Å². The van der Waals surface area contributed by atoms with Gasteiger partial charge in [0, 0.05) is 23.7 Å². The van der Waals surface area contributed by atoms with E-state index in [1.165, 1.54) is 12.1 Å². The van der Waals surface area contributed by atoms with Crippen molar-refractivity contribution in [3.8, 4) is 17.0 Å². The van der Waals surface area contributed by atoms with Gasteiger partial charge in [0.25, 0.3) is 6.43 Å². The van der Waals surface area contributed by atoms with E-state index in [1.807, 2.05) is 6.92 Å². The molecule has 0 radical (unpaired) electrons. The van der Waals surface area contributed by atoms with Gasteiger partial charge in [-0.25, -0.2) is 8.78 Å². The summed E-state index contributed by atoms with van der Waals surface area (Å²) in [5, 5.41) is 28.6. The van der Waals surface area contributed by atoms with Crippen LogP contribution in [0, 0.1) is 6.92 Å². The van der Waals surface area contributed by atoms with Gasteiger partial charge >= 0.3 is 0 Å². The van der Waals surface area contributed by atoms with E-state index in [-0.39, 0.29) is 28.6 Å². The summed E-state index contributed by atoms with van der Waals surface area (Å²) in [6.45, 7) is 4.26. The van der Waals surface area contributed by atoms with Gasteiger partial charge in [-0.15, -0.1) is 10.2 Å². The molecule has 2 N–H and O–H groups in total. The third kappa shape index (κ3) is 2.80. The molecule has 1 aliphatic heterocycles. The average molecular weight is 361 g/mol. The summed E-state index contributed by atoms with van der Waals surface area (Å²) in [6.07, 6.45) is -0.596. The Balaban J connectivity index is 1.70. The molecule has 5 nitrogen and oxygen atoms in total. The quantitative estimate of drug-likeness (QED) is 0.877. The fraction of sp³-hybridized carbons (Fsp3) is 0.474. The number of nitrogens with zero attached hydrogens (tertiary/aromatic N) is 3. The van der Waals surface area contributed by atoms with Crippen LogP contribution in [0.3, 0.4) is 0 Å². The van der Waals surface area contributed by atoms with E-state index < -0.39 is 12.0 Å². The van der Waals surface area contributed by atoms with Crippen LogP contribution in [0.15, 0.2) is 18.2 Å². The third-order valence-electron chi connectivity index (χ3n) is 5.32. The van der Waals surface area contributed by atoms with Gasteiger partial charge in [0.2, 0.25) is 0 Å². The van der Waals surface area contributed by atoms with E-state index >= 15 is 0 Å². The van der Waals surface area contributed by atoms with Crippen molar-refractivity contribution < 1.29 is 19.0 Å². The van der Waals surface area contributed by atoms with Gasteiger partial charge in [-0.05, 0) is 56.9 Å². The minimum absolute atomic E-state index is 0.0472. The van der Waals surface area contributed by atoms with Gasteiger partial charge in [-0.3, -0.25) is 0 Å². The molecule has 4 rings (SSSR count). The molecule has 0 bridgehead atoms. The number of aromatic nitrogens is 2. The van der Waals surface area contributed by atoms with Crippen molar-refractivity contribution >= 4 is 5.82 Å². The molecule has 1 aliphatic carbocycles. The number of rotatable bonds is 3. The van der Waals surface area contributed by atoms with Gasteiger partial charge in [0.1, 0.15) is 5.75 Å². The number of hydrogen-bond acceptors (Lipinski definition) is 5. The number of aryl methyl sites for hydroxylation is 1. The van der Waals surface area contributed by atoms with Crippen LogP contribution in [-0.4, -0.2) is 38.6 Å². The zero-order valence-electron chi connectivity index (χ0n) is 14.7. The van der Waals surface area contributed by atoms with Crippen molar-refractivity contribution in [3.63, 3.8) is 0 Å². The summed E-state index contributed by atoms with van der Waals surface area (Å²) in [4.78, 5) is 2.13. The number of halogens is 2. The van der Waals surface area contributed by atoms with Crippen LogP contribution in [-0.2, 0) is 6.42 Å². The molecule has 1 saturated carbocycles. The van der Waals surface area contributed by atoms with Crippen LogP contribution < -0.4 is 4.90 Å². The lowest BCUT2D eigenvalue weighted by Gasteiger charge is -2.46. The first-order chi connectivity index (χ1) is 12.2.